The van der Waals surface area contributed by atoms with Crippen molar-refractivity contribution in [3.05, 3.63) is 41.3 Å². The molecule has 2 N–H and O–H groups in total. The average molecular weight is 212 g/mol. The van der Waals surface area contributed by atoms with Crippen LogP contribution in [0.5, 0.6) is 5.88 Å². The van der Waals surface area contributed by atoms with E-state index in [2.05, 4.69) is 10.2 Å². The van der Waals surface area contributed by atoms with Gasteiger partial charge in [0.2, 0.25) is 5.88 Å². The van der Waals surface area contributed by atoms with Crippen molar-refractivity contribution in [1.82, 2.24) is 4.98 Å². The summed E-state index contributed by atoms with van der Waals surface area (Å²) < 4.78 is 0. The predicted molar refractivity (Wildman–Crippen MR) is 62.9 cm³/mol. The maximum absolute atomic E-state index is 10.7. The van der Waals surface area contributed by atoms with Gasteiger partial charge in [-0.05, 0) is 22.0 Å². The molecule has 0 spiro atoms. The summed E-state index contributed by atoms with van der Waals surface area (Å²) in [5.74, 6) is -0.179. The summed E-state index contributed by atoms with van der Waals surface area (Å²) in [6.45, 7) is 0. The number of hydrogen-bond acceptors (Lipinski definition) is 3. The molecule has 0 atom stereocenters. The highest BCUT2D eigenvalue weighted by Crippen LogP contribution is 2.39. The van der Waals surface area contributed by atoms with Crippen LogP contribution in [0.3, 0.4) is 0 Å². The summed E-state index contributed by atoms with van der Waals surface area (Å²) >= 11 is 0. The Hall–Kier alpha value is -2.36. The maximum atomic E-state index is 10.7. The normalized spacial score (nSPS) is 11.0. The molecule has 0 saturated heterocycles. The minimum absolute atomic E-state index is 0.0757. The number of nitrogens with one attached hydrogen (secondary N) is 1. The average Bonchev–Trinajstić information content (AvgIpc) is 2.65. The second-order valence-electron chi connectivity index (χ2n) is 3.62. The second-order valence-corrected chi connectivity index (χ2v) is 3.62. The van der Waals surface area contributed by atoms with Crippen molar-refractivity contribution in [2.24, 2.45) is 5.18 Å². The van der Waals surface area contributed by atoms with Gasteiger partial charge in [0.05, 0.1) is 5.52 Å². The van der Waals surface area contributed by atoms with Gasteiger partial charge in [-0.1, -0.05) is 30.3 Å². The zero-order chi connectivity index (χ0) is 11.1. The number of aromatic amines is 1. The molecule has 0 aliphatic carbocycles. The third-order valence-electron chi connectivity index (χ3n) is 2.73. The fourth-order valence-electron chi connectivity index (χ4n) is 2.02. The molecule has 4 heteroatoms. The van der Waals surface area contributed by atoms with Crippen LogP contribution in [-0.2, 0) is 0 Å². The number of hydrogen-bond donors (Lipinski definition) is 2. The lowest BCUT2D eigenvalue weighted by molar-refractivity contribution is 0.460. The van der Waals surface area contributed by atoms with Gasteiger partial charge in [0.1, 0.15) is 0 Å². The molecule has 4 nitrogen and oxygen atoms in total. The lowest BCUT2D eigenvalue weighted by atomic mass is 10.1. The van der Waals surface area contributed by atoms with Crippen molar-refractivity contribution in [2.45, 2.75) is 0 Å². The van der Waals surface area contributed by atoms with E-state index < -0.39 is 0 Å². The fourth-order valence-corrected chi connectivity index (χ4v) is 2.02. The van der Waals surface area contributed by atoms with Gasteiger partial charge in [-0.15, -0.1) is 4.91 Å². The molecule has 0 radical (unpaired) electrons. The quantitative estimate of drug-likeness (QED) is 0.607. The Balaban J connectivity index is 2.62. The third-order valence-corrected chi connectivity index (χ3v) is 2.73. The largest absolute Gasteiger partial charge is 0.493 e. The first-order valence-corrected chi connectivity index (χ1v) is 4.87. The Morgan fingerprint density at radius 1 is 1.12 bits per heavy atom. The van der Waals surface area contributed by atoms with Crippen LogP contribution in [0.1, 0.15) is 0 Å². The Labute approximate surface area is 90.5 Å². The van der Waals surface area contributed by atoms with E-state index >= 15 is 0 Å². The smallest absolute Gasteiger partial charge is 0.219 e. The van der Waals surface area contributed by atoms with Gasteiger partial charge in [-0.3, -0.25) is 0 Å². The summed E-state index contributed by atoms with van der Waals surface area (Å²) in [7, 11) is 0. The van der Waals surface area contributed by atoms with E-state index in [1.807, 2.05) is 36.4 Å². The molecular formula is C12H8N2O2. The Morgan fingerprint density at radius 2 is 1.94 bits per heavy atom. The number of benzene rings is 2. The highest BCUT2D eigenvalue weighted by Gasteiger charge is 2.13. The van der Waals surface area contributed by atoms with E-state index in [0.29, 0.717) is 10.9 Å². The van der Waals surface area contributed by atoms with E-state index in [4.69, 9.17) is 0 Å². The molecule has 0 saturated carbocycles. The number of nitroso groups, excluding NO2 is 1. The molecule has 1 heterocycles. The van der Waals surface area contributed by atoms with E-state index in [-0.39, 0.29) is 11.6 Å². The van der Waals surface area contributed by atoms with Crippen LogP contribution in [0.25, 0.3) is 21.7 Å². The van der Waals surface area contributed by atoms with Crippen LogP contribution in [0.2, 0.25) is 0 Å². The van der Waals surface area contributed by atoms with Crippen LogP contribution < -0.4 is 0 Å². The number of nitrogens with zero attached hydrogens (tertiary/aromatic N) is 1. The van der Waals surface area contributed by atoms with Gasteiger partial charge in [0.15, 0.2) is 5.69 Å². The minimum Gasteiger partial charge on any atom is -0.493 e. The van der Waals surface area contributed by atoms with Crippen molar-refractivity contribution >= 4 is 27.4 Å². The van der Waals surface area contributed by atoms with E-state index in [9.17, 15) is 10.0 Å². The standard InChI is InChI=1S/C12H8N2O2/c15-12-11(14-16)10-8-4-2-1-3-7(8)5-6-9(10)13-12/h1-6,13,15H. The van der Waals surface area contributed by atoms with Crippen molar-refractivity contribution in [3.63, 3.8) is 0 Å². The number of H-pyrrole nitrogens is 1. The van der Waals surface area contributed by atoms with Crippen molar-refractivity contribution in [1.29, 1.82) is 0 Å². The molecule has 0 amide bonds. The molecule has 16 heavy (non-hydrogen) atoms. The number of fused-ring (bicyclic) bond motifs is 3. The van der Waals surface area contributed by atoms with Crippen molar-refractivity contribution in [2.75, 3.05) is 0 Å². The van der Waals surface area contributed by atoms with E-state index in [1.54, 1.807) is 0 Å². The van der Waals surface area contributed by atoms with Crippen LogP contribution in [-0.4, -0.2) is 10.1 Å². The first-order chi connectivity index (χ1) is 7.81. The van der Waals surface area contributed by atoms with Gasteiger partial charge < -0.3 is 10.1 Å². The zero-order valence-electron chi connectivity index (χ0n) is 8.27. The number of rotatable bonds is 1. The Kier molecular flexibility index (Phi) is 1.71. The zero-order valence-corrected chi connectivity index (χ0v) is 8.27. The maximum Gasteiger partial charge on any atom is 0.219 e. The highest BCUT2D eigenvalue weighted by molar-refractivity contribution is 6.13. The molecule has 0 fully saturated rings. The van der Waals surface area contributed by atoms with Crippen LogP contribution in [0, 0.1) is 4.91 Å². The Bertz CT molecular complexity index is 701. The molecule has 3 aromatic rings. The SMILES string of the molecule is O=Nc1c(O)[nH]c2ccc3ccccc3c12. The lowest BCUT2D eigenvalue weighted by Gasteiger charge is -1.98. The van der Waals surface area contributed by atoms with Crippen LogP contribution >= 0.6 is 0 Å². The molecule has 3 rings (SSSR count). The molecule has 78 valence electrons. The fraction of sp³-hybridized carbons (Fsp3) is 0. The second kappa shape index (κ2) is 3.06. The number of aromatic nitrogens is 1. The lowest BCUT2D eigenvalue weighted by Crippen LogP contribution is -1.73. The van der Waals surface area contributed by atoms with Crippen molar-refractivity contribution < 1.29 is 5.11 Å². The Morgan fingerprint density at radius 3 is 2.75 bits per heavy atom. The summed E-state index contributed by atoms with van der Waals surface area (Å²) in [6.07, 6.45) is 0. The third kappa shape index (κ3) is 1.04. The van der Waals surface area contributed by atoms with Gasteiger partial charge in [-0.25, -0.2) is 0 Å². The monoisotopic (exact) mass is 212 g/mol. The van der Waals surface area contributed by atoms with E-state index in [0.717, 1.165) is 10.8 Å². The van der Waals surface area contributed by atoms with Gasteiger partial charge in [0.25, 0.3) is 0 Å². The summed E-state index contributed by atoms with van der Waals surface area (Å²) in [6, 6.07) is 11.4. The predicted octanol–water partition coefficient (Wildman–Crippen LogP) is 3.42. The summed E-state index contributed by atoms with van der Waals surface area (Å²) in [5, 5.41) is 15.0. The van der Waals surface area contributed by atoms with Crippen molar-refractivity contribution in [3.8, 4) is 5.88 Å². The van der Waals surface area contributed by atoms with Gasteiger partial charge in [0, 0.05) is 5.39 Å². The molecule has 1 aromatic heterocycles. The minimum atomic E-state index is -0.179. The first kappa shape index (κ1) is 8.91. The highest BCUT2D eigenvalue weighted by atomic mass is 16.3. The summed E-state index contributed by atoms with van der Waals surface area (Å²) in [4.78, 5) is 13.4. The molecular weight excluding hydrogens is 204 g/mol. The molecule has 0 unspecified atom stereocenters. The first-order valence-electron chi connectivity index (χ1n) is 4.87. The summed E-state index contributed by atoms with van der Waals surface area (Å²) in [5.41, 5.74) is 0.789. The van der Waals surface area contributed by atoms with Crippen LogP contribution in [0.15, 0.2) is 41.6 Å². The molecule has 0 aliphatic rings. The van der Waals surface area contributed by atoms with Crippen LogP contribution in [0.4, 0.5) is 5.69 Å². The molecule has 0 aliphatic heterocycles. The van der Waals surface area contributed by atoms with E-state index in [1.165, 1.54) is 0 Å². The molecule has 0 bridgehead atoms. The topological polar surface area (TPSA) is 65.4 Å². The molecule has 2 aromatic carbocycles. The van der Waals surface area contributed by atoms with Gasteiger partial charge >= 0.3 is 0 Å². The number of aromatic hydroxyl groups is 1. The van der Waals surface area contributed by atoms with Gasteiger partial charge in [-0.2, -0.15) is 0 Å².